The Hall–Kier alpha value is -1.53. The molecule has 0 bridgehead atoms. The van der Waals surface area contributed by atoms with Crippen molar-refractivity contribution >= 4 is 5.91 Å². The lowest BCUT2D eigenvalue weighted by Crippen LogP contribution is -2.49. The van der Waals surface area contributed by atoms with Crippen molar-refractivity contribution in [2.75, 3.05) is 33.3 Å². The van der Waals surface area contributed by atoms with Gasteiger partial charge >= 0.3 is 0 Å². The maximum absolute atomic E-state index is 12.5. The summed E-state index contributed by atoms with van der Waals surface area (Å²) in [4.78, 5) is 16.8. The third kappa shape index (κ3) is 4.36. The largest absolute Gasteiger partial charge is 0.376 e. The zero-order chi connectivity index (χ0) is 17.9. The summed E-state index contributed by atoms with van der Waals surface area (Å²) in [5.74, 6) is 0.0675. The standard InChI is InChI=1S/C19H30N4O2/c1-15(2)22(3)13-17-4-6-19(14-25-17)7-10-23(11-8-19)18(24)16-5-9-20-21-12-16/h5,9,12,15,17H,4,6-8,10-11,13-14H2,1-3H3. The molecule has 1 amide bonds. The molecule has 2 aliphatic heterocycles. The number of carbonyl (C=O) groups is 1. The van der Waals surface area contributed by atoms with E-state index in [2.05, 4.69) is 36.0 Å². The molecule has 1 aromatic rings. The van der Waals surface area contributed by atoms with Gasteiger partial charge in [0, 0.05) is 25.7 Å². The molecule has 6 nitrogen and oxygen atoms in total. The summed E-state index contributed by atoms with van der Waals surface area (Å²) in [6, 6.07) is 2.29. The SMILES string of the molecule is CC(C)N(C)CC1CCC2(CCN(C(=O)c3ccnnc3)CC2)CO1. The number of carbonyl (C=O) groups excluding carboxylic acids is 1. The zero-order valence-electron chi connectivity index (χ0n) is 15.6. The topological polar surface area (TPSA) is 58.6 Å². The average molecular weight is 346 g/mol. The van der Waals surface area contributed by atoms with Crippen molar-refractivity contribution in [3.05, 3.63) is 24.0 Å². The molecule has 1 unspecified atom stereocenters. The van der Waals surface area contributed by atoms with E-state index in [0.717, 1.165) is 45.5 Å². The highest BCUT2D eigenvalue weighted by atomic mass is 16.5. The number of likely N-dealkylation sites (N-methyl/N-ethyl adjacent to an activating group) is 1. The van der Waals surface area contributed by atoms with E-state index in [1.165, 1.54) is 6.42 Å². The number of ether oxygens (including phenoxy) is 1. The van der Waals surface area contributed by atoms with E-state index >= 15 is 0 Å². The van der Waals surface area contributed by atoms with Gasteiger partial charge < -0.3 is 14.5 Å². The van der Waals surface area contributed by atoms with Crippen molar-refractivity contribution in [3.63, 3.8) is 0 Å². The highest BCUT2D eigenvalue weighted by molar-refractivity contribution is 5.93. The number of nitrogens with zero attached hydrogens (tertiary/aromatic N) is 4. The van der Waals surface area contributed by atoms with Crippen molar-refractivity contribution in [1.29, 1.82) is 0 Å². The molecule has 3 rings (SSSR count). The molecule has 1 spiro atoms. The lowest BCUT2D eigenvalue weighted by molar-refractivity contribution is -0.0915. The fourth-order valence-corrected chi connectivity index (χ4v) is 3.77. The Labute approximate surface area is 150 Å². The van der Waals surface area contributed by atoms with Gasteiger partial charge in [-0.25, -0.2) is 0 Å². The number of amides is 1. The first kappa shape index (κ1) is 18.3. The van der Waals surface area contributed by atoms with Crippen LogP contribution in [0, 0.1) is 5.41 Å². The summed E-state index contributed by atoms with van der Waals surface area (Å²) in [5, 5.41) is 7.55. The van der Waals surface area contributed by atoms with Crippen LogP contribution in [0.4, 0.5) is 0 Å². The minimum atomic E-state index is 0.0675. The van der Waals surface area contributed by atoms with Gasteiger partial charge in [-0.2, -0.15) is 10.2 Å². The van der Waals surface area contributed by atoms with Crippen molar-refractivity contribution in [1.82, 2.24) is 20.0 Å². The second kappa shape index (κ2) is 7.79. The lowest BCUT2D eigenvalue weighted by Gasteiger charge is -2.46. The predicted molar refractivity (Wildman–Crippen MR) is 96.3 cm³/mol. The van der Waals surface area contributed by atoms with Gasteiger partial charge in [-0.05, 0) is 58.1 Å². The summed E-state index contributed by atoms with van der Waals surface area (Å²) >= 11 is 0. The molecule has 2 saturated heterocycles. The van der Waals surface area contributed by atoms with E-state index in [1.807, 2.05) is 4.90 Å². The maximum Gasteiger partial charge on any atom is 0.255 e. The highest BCUT2D eigenvalue weighted by Gasteiger charge is 2.40. The lowest BCUT2D eigenvalue weighted by atomic mass is 9.73. The van der Waals surface area contributed by atoms with E-state index < -0.39 is 0 Å². The third-order valence-electron chi connectivity index (χ3n) is 5.94. The number of likely N-dealkylation sites (tertiary alicyclic amines) is 1. The van der Waals surface area contributed by atoms with E-state index in [0.29, 0.717) is 17.7 Å². The Balaban J connectivity index is 1.49. The van der Waals surface area contributed by atoms with Crippen LogP contribution in [0.1, 0.15) is 49.9 Å². The van der Waals surface area contributed by atoms with Crippen LogP contribution in [0.3, 0.4) is 0 Å². The molecule has 25 heavy (non-hydrogen) atoms. The van der Waals surface area contributed by atoms with Gasteiger partial charge in [0.25, 0.3) is 5.91 Å². The van der Waals surface area contributed by atoms with Gasteiger partial charge in [0.15, 0.2) is 0 Å². The molecular weight excluding hydrogens is 316 g/mol. The molecule has 0 aliphatic carbocycles. The molecule has 1 aromatic heterocycles. The Bertz CT molecular complexity index is 560. The van der Waals surface area contributed by atoms with Gasteiger partial charge in [-0.1, -0.05) is 0 Å². The third-order valence-corrected chi connectivity index (χ3v) is 5.94. The molecule has 2 fully saturated rings. The summed E-state index contributed by atoms with van der Waals surface area (Å²) < 4.78 is 6.21. The van der Waals surface area contributed by atoms with Crippen molar-refractivity contribution in [2.45, 2.75) is 51.7 Å². The molecule has 6 heteroatoms. The van der Waals surface area contributed by atoms with Crippen molar-refractivity contribution in [2.24, 2.45) is 5.41 Å². The van der Waals surface area contributed by atoms with Crippen molar-refractivity contribution < 1.29 is 9.53 Å². The molecule has 0 N–H and O–H groups in total. The van der Waals surface area contributed by atoms with E-state index in [4.69, 9.17) is 4.74 Å². The van der Waals surface area contributed by atoms with Crippen LogP contribution in [-0.2, 0) is 4.74 Å². The van der Waals surface area contributed by atoms with E-state index in [1.54, 1.807) is 18.5 Å². The maximum atomic E-state index is 12.5. The van der Waals surface area contributed by atoms with Crippen molar-refractivity contribution in [3.8, 4) is 0 Å². The Morgan fingerprint density at radius 2 is 2.12 bits per heavy atom. The number of hydrogen-bond acceptors (Lipinski definition) is 5. The Morgan fingerprint density at radius 1 is 1.36 bits per heavy atom. The van der Waals surface area contributed by atoms with Crippen LogP contribution >= 0.6 is 0 Å². The summed E-state index contributed by atoms with van der Waals surface area (Å²) in [7, 11) is 2.16. The van der Waals surface area contributed by atoms with Crippen LogP contribution in [0.15, 0.2) is 18.5 Å². The quantitative estimate of drug-likeness (QED) is 0.837. The monoisotopic (exact) mass is 346 g/mol. The van der Waals surface area contributed by atoms with Gasteiger partial charge in [-0.15, -0.1) is 0 Å². The Morgan fingerprint density at radius 3 is 2.68 bits per heavy atom. The van der Waals surface area contributed by atoms with Gasteiger partial charge in [0.1, 0.15) is 0 Å². The number of piperidine rings is 1. The van der Waals surface area contributed by atoms with Crippen LogP contribution in [0.2, 0.25) is 0 Å². The number of hydrogen-bond donors (Lipinski definition) is 0. The molecular formula is C19H30N4O2. The zero-order valence-corrected chi connectivity index (χ0v) is 15.6. The Kier molecular flexibility index (Phi) is 5.69. The van der Waals surface area contributed by atoms with Crippen LogP contribution in [0.25, 0.3) is 0 Å². The molecule has 0 aromatic carbocycles. The first-order valence-corrected chi connectivity index (χ1v) is 9.37. The molecule has 0 saturated carbocycles. The van der Waals surface area contributed by atoms with Gasteiger partial charge in [-0.3, -0.25) is 4.79 Å². The molecule has 3 heterocycles. The minimum absolute atomic E-state index is 0.0675. The predicted octanol–water partition coefficient (Wildman–Crippen LogP) is 2.22. The summed E-state index contributed by atoms with van der Waals surface area (Å²) in [6.07, 6.45) is 7.87. The van der Waals surface area contributed by atoms with E-state index in [-0.39, 0.29) is 11.3 Å². The number of aromatic nitrogens is 2. The molecule has 2 aliphatic rings. The fourth-order valence-electron chi connectivity index (χ4n) is 3.77. The molecule has 1 atom stereocenters. The summed E-state index contributed by atoms with van der Waals surface area (Å²) in [6.45, 7) is 7.89. The second-order valence-corrected chi connectivity index (χ2v) is 7.93. The highest BCUT2D eigenvalue weighted by Crippen LogP contribution is 2.40. The van der Waals surface area contributed by atoms with Gasteiger partial charge in [0.05, 0.1) is 30.7 Å². The van der Waals surface area contributed by atoms with Crippen LogP contribution in [-0.4, -0.2) is 71.3 Å². The van der Waals surface area contributed by atoms with Crippen LogP contribution in [0.5, 0.6) is 0 Å². The number of rotatable bonds is 4. The molecule has 138 valence electrons. The second-order valence-electron chi connectivity index (χ2n) is 7.93. The van der Waals surface area contributed by atoms with E-state index in [9.17, 15) is 4.79 Å². The van der Waals surface area contributed by atoms with Crippen LogP contribution < -0.4 is 0 Å². The first-order valence-electron chi connectivity index (χ1n) is 9.37. The minimum Gasteiger partial charge on any atom is -0.376 e. The summed E-state index contributed by atoms with van der Waals surface area (Å²) in [5.41, 5.74) is 0.891. The average Bonchev–Trinajstić information content (AvgIpc) is 2.64. The van der Waals surface area contributed by atoms with Gasteiger partial charge in [0.2, 0.25) is 0 Å². The smallest absolute Gasteiger partial charge is 0.255 e. The fraction of sp³-hybridized carbons (Fsp3) is 0.737. The normalized spacial score (nSPS) is 23.4. The molecule has 0 radical (unpaired) electrons. The first-order chi connectivity index (χ1) is 12.0.